The summed E-state index contributed by atoms with van der Waals surface area (Å²) >= 11 is 1.43. The van der Waals surface area contributed by atoms with Crippen molar-refractivity contribution in [3.63, 3.8) is 0 Å². The van der Waals surface area contributed by atoms with Crippen LogP contribution in [0.4, 0.5) is 5.13 Å². The summed E-state index contributed by atoms with van der Waals surface area (Å²) in [5, 5.41) is 2.51. The molecule has 1 unspecified atom stereocenters. The maximum absolute atomic E-state index is 6.05. The molecule has 2 rings (SSSR count). The molecule has 2 N–H and O–H groups in total. The van der Waals surface area contributed by atoms with Crippen LogP contribution in [0.2, 0.25) is 0 Å². The van der Waals surface area contributed by atoms with Crippen molar-refractivity contribution in [2.45, 2.75) is 33.3 Å². The molecule has 0 aliphatic rings. The van der Waals surface area contributed by atoms with E-state index in [0.29, 0.717) is 11.0 Å². The number of thiazole rings is 1. The highest BCUT2D eigenvalue weighted by molar-refractivity contribution is 7.13. The number of nitrogen functional groups attached to an aromatic ring is 1. The number of para-hydroxylation sites is 1. The SMILES string of the molecule is CCCOC(c1cccc(-c2csc(N)n2)c1OC)C(C)C. The number of aromatic nitrogens is 1. The Hall–Kier alpha value is -1.59. The second-order valence-corrected chi connectivity index (χ2v) is 6.42. The van der Waals surface area contributed by atoms with Crippen molar-refractivity contribution in [2.75, 3.05) is 19.5 Å². The van der Waals surface area contributed by atoms with Crippen molar-refractivity contribution in [2.24, 2.45) is 5.92 Å². The average molecular weight is 320 g/mol. The van der Waals surface area contributed by atoms with Crippen molar-refractivity contribution in [1.29, 1.82) is 0 Å². The minimum absolute atomic E-state index is 0.00540. The van der Waals surface area contributed by atoms with E-state index in [4.69, 9.17) is 15.2 Å². The van der Waals surface area contributed by atoms with Crippen LogP contribution < -0.4 is 10.5 Å². The van der Waals surface area contributed by atoms with E-state index in [1.54, 1.807) is 7.11 Å². The Kier molecular flexibility index (Phi) is 5.80. The molecule has 1 atom stereocenters. The fourth-order valence-corrected chi connectivity index (χ4v) is 3.07. The molecule has 0 saturated heterocycles. The van der Waals surface area contributed by atoms with E-state index < -0.39 is 0 Å². The molecule has 0 radical (unpaired) electrons. The van der Waals surface area contributed by atoms with Gasteiger partial charge in [-0.25, -0.2) is 4.98 Å². The lowest BCUT2D eigenvalue weighted by atomic mass is 9.95. The van der Waals surface area contributed by atoms with Gasteiger partial charge in [-0.15, -0.1) is 11.3 Å². The van der Waals surface area contributed by atoms with Gasteiger partial charge in [0.1, 0.15) is 5.75 Å². The lowest BCUT2D eigenvalue weighted by Gasteiger charge is -2.24. The quantitative estimate of drug-likeness (QED) is 0.814. The van der Waals surface area contributed by atoms with E-state index >= 15 is 0 Å². The highest BCUT2D eigenvalue weighted by Gasteiger charge is 2.23. The van der Waals surface area contributed by atoms with Gasteiger partial charge in [0, 0.05) is 23.1 Å². The molecule has 0 fully saturated rings. The van der Waals surface area contributed by atoms with Crippen molar-refractivity contribution in [3.05, 3.63) is 29.1 Å². The Bertz CT molecular complexity index is 610. The van der Waals surface area contributed by atoms with Gasteiger partial charge >= 0.3 is 0 Å². The van der Waals surface area contributed by atoms with Gasteiger partial charge < -0.3 is 15.2 Å². The van der Waals surface area contributed by atoms with Crippen molar-refractivity contribution in [3.8, 4) is 17.0 Å². The molecular weight excluding hydrogens is 296 g/mol. The number of nitrogens with zero attached hydrogens (tertiary/aromatic N) is 1. The summed E-state index contributed by atoms with van der Waals surface area (Å²) in [6, 6.07) is 6.10. The van der Waals surface area contributed by atoms with Gasteiger partial charge in [-0.3, -0.25) is 0 Å². The molecule has 120 valence electrons. The topological polar surface area (TPSA) is 57.4 Å². The largest absolute Gasteiger partial charge is 0.496 e. The molecule has 4 nitrogen and oxygen atoms in total. The van der Waals surface area contributed by atoms with Gasteiger partial charge in [0.2, 0.25) is 0 Å². The Morgan fingerprint density at radius 3 is 2.64 bits per heavy atom. The van der Waals surface area contributed by atoms with Crippen LogP contribution in [0.15, 0.2) is 23.6 Å². The first-order chi connectivity index (χ1) is 10.6. The van der Waals surface area contributed by atoms with E-state index in [9.17, 15) is 0 Å². The molecule has 1 aromatic carbocycles. The summed E-state index contributed by atoms with van der Waals surface area (Å²) in [6.45, 7) is 7.17. The van der Waals surface area contributed by atoms with E-state index in [-0.39, 0.29) is 6.10 Å². The summed E-state index contributed by atoms with van der Waals surface area (Å²) in [6.07, 6.45) is 0.999. The van der Waals surface area contributed by atoms with Crippen LogP contribution in [0.5, 0.6) is 5.75 Å². The van der Waals surface area contributed by atoms with E-state index in [2.05, 4.69) is 31.8 Å². The monoisotopic (exact) mass is 320 g/mol. The second-order valence-electron chi connectivity index (χ2n) is 5.53. The maximum Gasteiger partial charge on any atom is 0.180 e. The third kappa shape index (κ3) is 3.59. The van der Waals surface area contributed by atoms with Crippen LogP contribution in [0.25, 0.3) is 11.3 Å². The lowest BCUT2D eigenvalue weighted by Crippen LogP contribution is -2.13. The number of nitrogens with two attached hydrogens (primary N) is 1. The molecular formula is C17H24N2O2S. The number of benzene rings is 1. The Morgan fingerprint density at radius 1 is 1.32 bits per heavy atom. The molecule has 2 aromatic rings. The number of methoxy groups -OCH3 is 1. The lowest BCUT2D eigenvalue weighted by molar-refractivity contribution is 0.0199. The normalized spacial score (nSPS) is 12.6. The minimum Gasteiger partial charge on any atom is -0.496 e. The zero-order valence-corrected chi connectivity index (χ0v) is 14.4. The number of ether oxygens (including phenoxy) is 2. The van der Waals surface area contributed by atoms with Gasteiger partial charge in [0.25, 0.3) is 0 Å². The summed E-state index contributed by atoms with van der Waals surface area (Å²) in [7, 11) is 1.69. The molecule has 0 aliphatic carbocycles. The van der Waals surface area contributed by atoms with Crippen molar-refractivity contribution >= 4 is 16.5 Å². The zero-order valence-electron chi connectivity index (χ0n) is 13.6. The predicted molar refractivity (Wildman–Crippen MR) is 92.3 cm³/mol. The van der Waals surface area contributed by atoms with E-state index in [1.165, 1.54) is 11.3 Å². The Balaban J connectivity index is 2.47. The fraction of sp³-hybridized carbons (Fsp3) is 0.471. The smallest absolute Gasteiger partial charge is 0.180 e. The number of anilines is 1. The second kappa shape index (κ2) is 7.61. The molecule has 0 bridgehead atoms. The summed E-state index contributed by atoms with van der Waals surface area (Å²) < 4.78 is 11.7. The average Bonchev–Trinajstić information content (AvgIpc) is 2.93. The molecule has 0 spiro atoms. The van der Waals surface area contributed by atoms with Crippen molar-refractivity contribution in [1.82, 2.24) is 4.98 Å². The molecule has 0 saturated carbocycles. The third-order valence-corrected chi connectivity index (χ3v) is 4.13. The number of rotatable bonds is 7. The fourth-order valence-electron chi connectivity index (χ4n) is 2.51. The van der Waals surface area contributed by atoms with E-state index in [0.717, 1.165) is 35.6 Å². The highest BCUT2D eigenvalue weighted by atomic mass is 32.1. The molecule has 1 aromatic heterocycles. The van der Waals surface area contributed by atoms with Gasteiger partial charge in [-0.05, 0) is 18.4 Å². The van der Waals surface area contributed by atoms with Crippen LogP contribution in [-0.4, -0.2) is 18.7 Å². The van der Waals surface area contributed by atoms with Crippen LogP contribution in [0, 0.1) is 5.92 Å². The summed E-state index contributed by atoms with van der Waals surface area (Å²) in [4.78, 5) is 4.37. The molecule has 0 amide bonds. The van der Waals surface area contributed by atoms with Gasteiger partial charge in [0.05, 0.1) is 18.9 Å². The Morgan fingerprint density at radius 2 is 2.09 bits per heavy atom. The predicted octanol–water partition coefficient (Wildman–Crippen LogP) is 4.52. The Labute approximate surface area is 136 Å². The van der Waals surface area contributed by atoms with Crippen molar-refractivity contribution < 1.29 is 9.47 Å². The van der Waals surface area contributed by atoms with Gasteiger partial charge in [-0.2, -0.15) is 0 Å². The zero-order chi connectivity index (χ0) is 16.1. The molecule has 0 aliphatic heterocycles. The summed E-state index contributed by atoms with van der Waals surface area (Å²) in [5.74, 6) is 1.18. The standard InChI is InChI=1S/C17H24N2O2S/c1-5-9-21-15(11(2)3)13-8-6-7-12(16(13)20-4)14-10-22-17(18)19-14/h6-8,10-11,15H,5,9H2,1-4H3,(H2,18,19). The molecule has 5 heteroatoms. The third-order valence-electron chi connectivity index (χ3n) is 3.46. The van der Waals surface area contributed by atoms with Gasteiger partial charge in [0.15, 0.2) is 5.13 Å². The first-order valence-electron chi connectivity index (χ1n) is 7.58. The summed E-state index contributed by atoms with van der Waals surface area (Å²) in [5.41, 5.74) is 8.63. The number of hydrogen-bond acceptors (Lipinski definition) is 5. The van der Waals surface area contributed by atoms with Crippen LogP contribution in [0.3, 0.4) is 0 Å². The highest BCUT2D eigenvalue weighted by Crippen LogP contribution is 2.40. The van der Waals surface area contributed by atoms with Crippen LogP contribution in [0.1, 0.15) is 38.9 Å². The molecule has 1 heterocycles. The molecule has 22 heavy (non-hydrogen) atoms. The van der Waals surface area contributed by atoms with E-state index in [1.807, 2.05) is 17.5 Å². The van der Waals surface area contributed by atoms with Crippen LogP contribution in [-0.2, 0) is 4.74 Å². The first-order valence-corrected chi connectivity index (χ1v) is 8.46. The minimum atomic E-state index is 0.00540. The first kappa shape index (κ1) is 16.8. The van der Waals surface area contributed by atoms with Crippen LogP contribution >= 0.6 is 11.3 Å². The van der Waals surface area contributed by atoms with Gasteiger partial charge in [-0.1, -0.05) is 32.9 Å². The number of hydrogen-bond donors (Lipinski definition) is 1. The maximum atomic E-state index is 6.05.